The number of aromatic nitrogens is 1. The summed E-state index contributed by atoms with van der Waals surface area (Å²) in [4.78, 5) is 3.67. The molecule has 1 aromatic heterocycles. The number of hydrogen-bond acceptors (Lipinski definition) is 1. The van der Waals surface area contributed by atoms with Crippen LogP contribution in [-0.4, -0.2) is 11.2 Å². The Morgan fingerprint density at radius 1 is 1.17 bits per heavy atom. The molecule has 1 aromatic rings. The van der Waals surface area contributed by atoms with Crippen LogP contribution < -0.4 is 0 Å². The van der Waals surface area contributed by atoms with Crippen molar-refractivity contribution < 1.29 is 13.2 Å². The van der Waals surface area contributed by atoms with Gasteiger partial charge in [0.1, 0.15) is 0 Å². The van der Waals surface area contributed by atoms with Gasteiger partial charge in [-0.3, -0.25) is 4.98 Å². The van der Waals surface area contributed by atoms with Crippen molar-refractivity contribution in [2.45, 2.75) is 6.18 Å². The van der Waals surface area contributed by atoms with Crippen LogP contribution in [0, 0.1) is 0 Å². The van der Waals surface area contributed by atoms with E-state index in [2.05, 4.69) is 4.98 Å². The summed E-state index contributed by atoms with van der Waals surface area (Å²) in [5.41, 5.74) is 0.488. The standard InChI is InChI=1S/C8H6F3N/c9-8(10,11)4-1-7-2-5-12-6-3-7/h1-6H/b4-1+. The summed E-state index contributed by atoms with van der Waals surface area (Å²) in [6.45, 7) is 0. The van der Waals surface area contributed by atoms with Gasteiger partial charge in [-0.05, 0) is 23.8 Å². The maximum atomic E-state index is 11.6. The molecule has 0 saturated carbocycles. The average molecular weight is 173 g/mol. The summed E-state index contributed by atoms with van der Waals surface area (Å²) in [5, 5.41) is 0. The average Bonchev–Trinajstić information content (AvgIpc) is 2.02. The first-order valence-electron chi connectivity index (χ1n) is 3.24. The molecule has 0 bridgehead atoms. The summed E-state index contributed by atoms with van der Waals surface area (Å²) < 4.78 is 34.9. The summed E-state index contributed by atoms with van der Waals surface area (Å²) >= 11 is 0. The third-order valence-electron chi connectivity index (χ3n) is 1.17. The summed E-state index contributed by atoms with van der Waals surface area (Å²) in [6.07, 6.45) is -0.167. The van der Waals surface area contributed by atoms with E-state index < -0.39 is 6.18 Å². The minimum atomic E-state index is -4.25. The second-order valence-corrected chi connectivity index (χ2v) is 2.16. The Kier molecular flexibility index (Phi) is 2.47. The van der Waals surface area contributed by atoms with E-state index in [1.807, 2.05) is 0 Å². The fourth-order valence-electron chi connectivity index (χ4n) is 0.665. The lowest BCUT2D eigenvalue weighted by Gasteiger charge is -1.96. The molecule has 1 rings (SSSR count). The highest BCUT2D eigenvalue weighted by Gasteiger charge is 2.21. The van der Waals surface area contributed by atoms with Gasteiger partial charge in [0, 0.05) is 18.5 Å². The monoisotopic (exact) mass is 173 g/mol. The predicted molar refractivity (Wildman–Crippen MR) is 39.3 cm³/mol. The second-order valence-electron chi connectivity index (χ2n) is 2.16. The lowest BCUT2D eigenvalue weighted by molar-refractivity contribution is -0.0790. The fourth-order valence-corrected chi connectivity index (χ4v) is 0.665. The Hall–Kier alpha value is -1.32. The van der Waals surface area contributed by atoms with E-state index in [4.69, 9.17) is 0 Å². The van der Waals surface area contributed by atoms with Crippen LogP contribution in [0.25, 0.3) is 6.08 Å². The van der Waals surface area contributed by atoms with E-state index in [1.54, 1.807) is 0 Å². The van der Waals surface area contributed by atoms with Gasteiger partial charge in [-0.25, -0.2) is 0 Å². The van der Waals surface area contributed by atoms with Crippen LogP contribution in [0.1, 0.15) is 5.56 Å². The molecule has 12 heavy (non-hydrogen) atoms. The topological polar surface area (TPSA) is 12.9 Å². The van der Waals surface area contributed by atoms with Gasteiger partial charge in [-0.2, -0.15) is 13.2 Å². The number of hydrogen-bond donors (Lipinski definition) is 0. The van der Waals surface area contributed by atoms with E-state index in [0.717, 1.165) is 6.08 Å². The summed E-state index contributed by atoms with van der Waals surface area (Å²) in [7, 11) is 0. The van der Waals surface area contributed by atoms with Crippen LogP contribution in [-0.2, 0) is 0 Å². The molecule has 0 fully saturated rings. The van der Waals surface area contributed by atoms with Crippen molar-refractivity contribution in [2.75, 3.05) is 0 Å². The first-order valence-corrected chi connectivity index (χ1v) is 3.24. The van der Waals surface area contributed by atoms with Crippen LogP contribution in [0.15, 0.2) is 30.6 Å². The molecule has 64 valence electrons. The number of rotatable bonds is 1. The Morgan fingerprint density at radius 2 is 1.75 bits per heavy atom. The number of allylic oxidation sites excluding steroid dienone is 1. The molecule has 0 unspecified atom stereocenters. The first-order chi connectivity index (χ1) is 5.58. The van der Waals surface area contributed by atoms with Gasteiger partial charge in [-0.1, -0.05) is 0 Å². The molecule has 1 nitrogen and oxygen atoms in total. The Morgan fingerprint density at radius 3 is 2.25 bits per heavy atom. The van der Waals surface area contributed by atoms with Crippen LogP contribution in [0.2, 0.25) is 0 Å². The maximum Gasteiger partial charge on any atom is 0.409 e. The highest BCUT2D eigenvalue weighted by atomic mass is 19.4. The molecular formula is C8H6F3N. The molecule has 0 aliphatic rings. The Balaban J connectivity index is 2.71. The van der Waals surface area contributed by atoms with Crippen molar-refractivity contribution in [3.8, 4) is 0 Å². The third kappa shape index (κ3) is 3.18. The Labute approximate surface area is 67.6 Å². The molecule has 0 radical (unpaired) electrons. The number of alkyl halides is 3. The molecule has 0 N–H and O–H groups in total. The minimum absolute atomic E-state index is 0.197. The maximum absolute atomic E-state index is 11.6. The second kappa shape index (κ2) is 3.38. The van der Waals surface area contributed by atoms with Crippen LogP contribution in [0.3, 0.4) is 0 Å². The number of nitrogens with zero attached hydrogens (tertiary/aromatic N) is 1. The summed E-state index contributed by atoms with van der Waals surface area (Å²) in [6, 6.07) is 3.00. The summed E-state index contributed by atoms with van der Waals surface area (Å²) in [5.74, 6) is 0. The van der Waals surface area contributed by atoms with Gasteiger partial charge in [0.15, 0.2) is 0 Å². The van der Waals surface area contributed by atoms with Crippen molar-refractivity contribution >= 4 is 6.08 Å². The molecule has 0 amide bonds. The Bertz CT molecular complexity index is 263. The first kappa shape index (κ1) is 8.77. The number of halogens is 3. The van der Waals surface area contributed by atoms with E-state index in [0.29, 0.717) is 5.56 Å². The zero-order valence-electron chi connectivity index (χ0n) is 6.05. The molecule has 4 heteroatoms. The lowest BCUT2D eigenvalue weighted by atomic mass is 10.2. The van der Waals surface area contributed by atoms with Crippen molar-refractivity contribution in [1.82, 2.24) is 4.98 Å². The molecule has 0 spiro atoms. The smallest absolute Gasteiger partial charge is 0.265 e. The molecular weight excluding hydrogens is 167 g/mol. The fraction of sp³-hybridized carbons (Fsp3) is 0.125. The van der Waals surface area contributed by atoms with Gasteiger partial charge < -0.3 is 0 Å². The largest absolute Gasteiger partial charge is 0.409 e. The minimum Gasteiger partial charge on any atom is -0.265 e. The van der Waals surface area contributed by atoms with Crippen LogP contribution in [0.4, 0.5) is 13.2 Å². The van der Waals surface area contributed by atoms with Crippen molar-refractivity contribution in [3.63, 3.8) is 0 Å². The normalized spacial score (nSPS) is 12.2. The van der Waals surface area contributed by atoms with Crippen molar-refractivity contribution in [2.24, 2.45) is 0 Å². The SMILES string of the molecule is FC(F)(F)/C=C/c1ccncc1. The number of pyridine rings is 1. The quantitative estimate of drug-likeness (QED) is 0.636. The molecule has 0 aromatic carbocycles. The van der Waals surface area contributed by atoms with Crippen LogP contribution in [0.5, 0.6) is 0 Å². The van der Waals surface area contributed by atoms with E-state index in [1.165, 1.54) is 24.5 Å². The molecule has 0 aliphatic carbocycles. The van der Waals surface area contributed by atoms with E-state index in [-0.39, 0.29) is 6.08 Å². The van der Waals surface area contributed by atoms with E-state index >= 15 is 0 Å². The highest BCUT2D eigenvalue weighted by Crippen LogP contribution is 2.17. The third-order valence-corrected chi connectivity index (χ3v) is 1.17. The zero-order valence-corrected chi connectivity index (χ0v) is 6.05. The molecule has 0 aliphatic heterocycles. The van der Waals surface area contributed by atoms with Crippen molar-refractivity contribution in [1.29, 1.82) is 0 Å². The predicted octanol–water partition coefficient (Wildman–Crippen LogP) is 2.66. The van der Waals surface area contributed by atoms with Gasteiger partial charge in [-0.15, -0.1) is 0 Å². The lowest BCUT2D eigenvalue weighted by Crippen LogP contribution is -1.99. The van der Waals surface area contributed by atoms with E-state index in [9.17, 15) is 13.2 Å². The highest BCUT2D eigenvalue weighted by molar-refractivity contribution is 5.48. The van der Waals surface area contributed by atoms with Gasteiger partial charge in [0.2, 0.25) is 0 Å². The molecule has 0 atom stereocenters. The van der Waals surface area contributed by atoms with Crippen LogP contribution >= 0.6 is 0 Å². The van der Waals surface area contributed by atoms with Gasteiger partial charge in [0.05, 0.1) is 0 Å². The molecule has 1 heterocycles. The van der Waals surface area contributed by atoms with Crippen molar-refractivity contribution in [3.05, 3.63) is 36.2 Å². The van der Waals surface area contributed by atoms with Gasteiger partial charge >= 0.3 is 6.18 Å². The molecule has 0 saturated heterocycles. The van der Waals surface area contributed by atoms with Gasteiger partial charge in [0.25, 0.3) is 0 Å². The zero-order chi connectivity index (χ0) is 9.03.